The standard InChI is InChI=1S/C24H23NO3/c1-25-17-18-28-24(22(25)26,21-15-9-4-10-16-21)23(27,19-11-5-2-6-12-19)20-13-7-3-8-14-20/h2-16,27H,17-18H2,1H3. The number of carbonyl (C=O) groups excluding carboxylic acids is 1. The Balaban J connectivity index is 2.08. The van der Waals surface area contributed by atoms with Crippen molar-refractivity contribution >= 4 is 5.91 Å². The topological polar surface area (TPSA) is 49.8 Å². The monoisotopic (exact) mass is 373 g/mol. The first-order valence-electron chi connectivity index (χ1n) is 9.39. The quantitative estimate of drug-likeness (QED) is 0.763. The predicted octanol–water partition coefficient (Wildman–Crippen LogP) is 3.31. The molecule has 3 aromatic rings. The molecule has 1 amide bonds. The fourth-order valence-corrected chi connectivity index (χ4v) is 4.05. The number of hydrogen-bond acceptors (Lipinski definition) is 3. The van der Waals surface area contributed by atoms with Crippen LogP contribution in [0.4, 0.5) is 0 Å². The zero-order valence-corrected chi connectivity index (χ0v) is 15.8. The molecule has 28 heavy (non-hydrogen) atoms. The number of likely N-dealkylation sites (N-methyl/N-ethyl adjacent to an activating group) is 1. The van der Waals surface area contributed by atoms with Gasteiger partial charge in [0.05, 0.1) is 6.61 Å². The van der Waals surface area contributed by atoms with Gasteiger partial charge in [-0.2, -0.15) is 0 Å². The number of rotatable bonds is 4. The molecule has 0 spiro atoms. The second-order valence-corrected chi connectivity index (χ2v) is 7.06. The summed E-state index contributed by atoms with van der Waals surface area (Å²) in [5.41, 5.74) is -1.46. The third-order valence-corrected chi connectivity index (χ3v) is 5.47. The van der Waals surface area contributed by atoms with Crippen molar-refractivity contribution in [1.29, 1.82) is 0 Å². The van der Waals surface area contributed by atoms with Gasteiger partial charge in [-0.3, -0.25) is 4.79 Å². The number of benzene rings is 3. The van der Waals surface area contributed by atoms with E-state index < -0.39 is 11.2 Å². The summed E-state index contributed by atoms with van der Waals surface area (Å²) in [5, 5.41) is 12.4. The van der Waals surface area contributed by atoms with Crippen LogP contribution < -0.4 is 0 Å². The van der Waals surface area contributed by atoms with Gasteiger partial charge in [-0.25, -0.2) is 0 Å². The Morgan fingerprint density at radius 1 is 0.857 bits per heavy atom. The van der Waals surface area contributed by atoms with Crippen LogP contribution >= 0.6 is 0 Å². The normalized spacial score (nSPS) is 20.2. The molecule has 4 nitrogen and oxygen atoms in total. The van der Waals surface area contributed by atoms with Crippen LogP contribution in [-0.2, 0) is 20.7 Å². The summed E-state index contributed by atoms with van der Waals surface area (Å²) in [5.74, 6) is -0.264. The lowest BCUT2D eigenvalue weighted by atomic mass is 9.68. The summed E-state index contributed by atoms with van der Waals surface area (Å²) in [6, 6.07) is 27.9. The first-order chi connectivity index (χ1) is 13.6. The summed E-state index contributed by atoms with van der Waals surface area (Å²) in [6.45, 7) is 0.812. The maximum Gasteiger partial charge on any atom is 0.263 e. The number of ether oxygens (including phenoxy) is 1. The minimum absolute atomic E-state index is 0.264. The van der Waals surface area contributed by atoms with Crippen molar-refractivity contribution in [3.63, 3.8) is 0 Å². The zero-order valence-electron chi connectivity index (χ0n) is 15.8. The molecule has 142 valence electrons. The maximum atomic E-state index is 13.7. The van der Waals surface area contributed by atoms with Crippen molar-refractivity contribution in [3.8, 4) is 0 Å². The van der Waals surface area contributed by atoms with Gasteiger partial charge in [0.1, 0.15) is 0 Å². The maximum absolute atomic E-state index is 13.7. The molecule has 1 atom stereocenters. The van der Waals surface area contributed by atoms with Gasteiger partial charge in [-0.15, -0.1) is 0 Å². The molecule has 1 aliphatic rings. The first kappa shape index (κ1) is 18.4. The highest BCUT2D eigenvalue weighted by Gasteiger charge is 2.62. The average molecular weight is 373 g/mol. The number of hydrogen-bond donors (Lipinski definition) is 1. The van der Waals surface area contributed by atoms with E-state index in [1.807, 2.05) is 91.0 Å². The third-order valence-electron chi connectivity index (χ3n) is 5.47. The van der Waals surface area contributed by atoms with Crippen LogP contribution in [0.2, 0.25) is 0 Å². The number of carbonyl (C=O) groups is 1. The summed E-state index contributed by atoms with van der Waals surface area (Å²) in [7, 11) is 1.75. The Bertz CT molecular complexity index is 904. The van der Waals surface area contributed by atoms with E-state index in [9.17, 15) is 9.90 Å². The van der Waals surface area contributed by atoms with Crippen LogP contribution in [0.5, 0.6) is 0 Å². The first-order valence-corrected chi connectivity index (χ1v) is 9.39. The van der Waals surface area contributed by atoms with Crippen LogP contribution in [0.1, 0.15) is 16.7 Å². The SMILES string of the molecule is CN1CCOC(c2ccccc2)(C(O)(c2ccccc2)c2ccccc2)C1=O. The van der Waals surface area contributed by atoms with E-state index in [1.165, 1.54) is 0 Å². The Hall–Kier alpha value is -2.95. The summed E-state index contributed by atoms with van der Waals surface area (Å²) >= 11 is 0. The van der Waals surface area contributed by atoms with Gasteiger partial charge < -0.3 is 14.7 Å². The Kier molecular flexibility index (Phi) is 4.75. The van der Waals surface area contributed by atoms with Crippen LogP contribution in [0.25, 0.3) is 0 Å². The molecule has 1 fully saturated rings. The van der Waals surface area contributed by atoms with Crippen LogP contribution in [0.3, 0.4) is 0 Å². The van der Waals surface area contributed by atoms with Crippen molar-refractivity contribution in [2.24, 2.45) is 0 Å². The summed E-state index contributed by atoms with van der Waals surface area (Å²) in [6.07, 6.45) is 0. The molecular formula is C24H23NO3. The molecule has 0 radical (unpaired) electrons. The van der Waals surface area contributed by atoms with Crippen molar-refractivity contribution < 1.29 is 14.6 Å². The largest absolute Gasteiger partial charge is 0.376 e. The summed E-state index contributed by atoms with van der Waals surface area (Å²) in [4.78, 5) is 15.3. The van der Waals surface area contributed by atoms with Gasteiger partial charge in [0.15, 0.2) is 5.60 Å². The molecule has 4 rings (SSSR count). The molecular weight excluding hydrogens is 350 g/mol. The summed E-state index contributed by atoms with van der Waals surface area (Å²) < 4.78 is 6.27. The Labute approximate surface area is 165 Å². The highest BCUT2D eigenvalue weighted by atomic mass is 16.5. The van der Waals surface area contributed by atoms with E-state index in [1.54, 1.807) is 11.9 Å². The Morgan fingerprint density at radius 3 is 1.82 bits per heavy atom. The van der Waals surface area contributed by atoms with Crippen LogP contribution in [0, 0.1) is 0 Å². The van der Waals surface area contributed by atoms with Gasteiger partial charge in [0.25, 0.3) is 5.91 Å². The van der Waals surface area contributed by atoms with E-state index >= 15 is 0 Å². The Morgan fingerprint density at radius 2 is 1.32 bits per heavy atom. The lowest BCUT2D eigenvalue weighted by molar-refractivity contribution is -0.214. The molecule has 3 aromatic carbocycles. The van der Waals surface area contributed by atoms with E-state index in [0.717, 1.165) is 0 Å². The molecule has 0 aliphatic carbocycles. The lowest BCUT2D eigenvalue weighted by Crippen LogP contribution is -2.64. The van der Waals surface area contributed by atoms with Crippen molar-refractivity contribution in [1.82, 2.24) is 4.90 Å². The molecule has 1 unspecified atom stereocenters. The van der Waals surface area contributed by atoms with E-state index in [0.29, 0.717) is 29.8 Å². The van der Waals surface area contributed by atoms with Gasteiger partial charge in [0.2, 0.25) is 5.60 Å². The highest BCUT2D eigenvalue weighted by Crippen LogP contribution is 2.50. The smallest absolute Gasteiger partial charge is 0.263 e. The van der Waals surface area contributed by atoms with Crippen molar-refractivity contribution in [2.45, 2.75) is 11.2 Å². The predicted molar refractivity (Wildman–Crippen MR) is 108 cm³/mol. The zero-order chi connectivity index (χ0) is 19.6. The minimum Gasteiger partial charge on any atom is -0.376 e. The molecule has 1 N–H and O–H groups in total. The van der Waals surface area contributed by atoms with E-state index in [-0.39, 0.29) is 5.91 Å². The molecule has 0 aromatic heterocycles. The third kappa shape index (κ3) is 2.65. The van der Waals surface area contributed by atoms with Gasteiger partial charge in [-0.05, 0) is 16.7 Å². The van der Waals surface area contributed by atoms with Crippen LogP contribution in [0.15, 0.2) is 91.0 Å². The molecule has 1 saturated heterocycles. The fraction of sp³-hybridized carbons (Fsp3) is 0.208. The van der Waals surface area contributed by atoms with Gasteiger partial charge in [0, 0.05) is 13.6 Å². The van der Waals surface area contributed by atoms with Crippen molar-refractivity contribution in [2.75, 3.05) is 20.2 Å². The molecule has 0 bridgehead atoms. The fourth-order valence-electron chi connectivity index (χ4n) is 4.05. The van der Waals surface area contributed by atoms with Gasteiger partial charge in [-0.1, -0.05) is 91.0 Å². The van der Waals surface area contributed by atoms with Crippen LogP contribution in [-0.4, -0.2) is 36.1 Å². The number of amides is 1. The molecule has 0 saturated carbocycles. The van der Waals surface area contributed by atoms with E-state index in [2.05, 4.69) is 0 Å². The van der Waals surface area contributed by atoms with Crippen molar-refractivity contribution in [3.05, 3.63) is 108 Å². The minimum atomic E-state index is -1.71. The number of morpholine rings is 1. The lowest BCUT2D eigenvalue weighted by Gasteiger charge is -2.50. The van der Waals surface area contributed by atoms with Gasteiger partial charge >= 0.3 is 0 Å². The molecule has 4 heteroatoms. The average Bonchev–Trinajstić information content (AvgIpc) is 2.77. The number of aliphatic hydroxyl groups is 1. The second kappa shape index (κ2) is 7.23. The highest BCUT2D eigenvalue weighted by molar-refractivity contribution is 5.90. The molecule has 1 heterocycles. The second-order valence-electron chi connectivity index (χ2n) is 7.06. The number of nitrogens with zero attached hydrogens (tertiary/aromatic N) is 1. The molecule has 1 aliphatic heterocycles. The van der Waals surface area contributed by atoms with E-state index in [4.69, 9.17) is 4.74 Å².